The smallest absolute Gasteiger partial charge is 0.349 e. The van der Waals surface area contributed by atoms with E-state index in [9.17, 15) is 17.4 Å². The van der Waals surface area contributed by atoms with Gasteiger partial charge in [-0.3, -0.25) is 4.21 Å². The number of rotatable bonds is 6. The Hall–Kier alpha value is -0.770. The molecular formula is C13H21NO5S3. The molecule has 22 heavy (non-hydrogen) atoms. The zero-order valence-corrected chi connectivity index (χ0v) is 15.7. The lowest BCUT2D eigenvalue weighted by molar-refractivity contribution is 0.0602. The molecule has 0 spiro atoms. The molecule has 0 saturated heterocycles. The summed E-state index contributed by atoms with van der Waals surface area (Å²) in [6.07, 6.45) is 0.641. The Bertz CT molecular complexity index is 670. The second-order valence-electron chi connectivity index (χ2n) is 5.65. The van der Waals surface area contributed by atoms with Crippen molar-refractivity contribution < 1.29 is 22.2 Å². The average Bonchev–Trinajstić information content (AvgIpc) is 2.80. The van der Waals surface area contributed by atoms with Crippen molar-refractivity contribution in [1.29, 1.82) is 0 Å². The summed E-state index contributed by atoms with van der Waals surface area (Å²) in [5, 5.41) is 1.45. The normalized spacial score (nSPS) is 13.9. The number of hydrogen-bond donors (Lipinski definition) is 1. The lowest BCUT2D eigenvalue weighted by Crippen LogP contribution is -2.41. The quantitative estimate of drug-likeness (QED) is 0.778. The predicted octanol–water partition coefficient (Wildman–Crippen LogP) is 2.13. The van der Waals surface area contributed by atoms with Crippen LogP contribution in [0.15, 0.2) is 15.2 Å². The van der Waals surface area contributed by atoms with E-state index in [0.29, 0.717) is 12.2 Å². The Labute approximate surface area is 137 Å². The third-order valence-corrected chi connectivity index (χ3v) is 7.23. The molecule has 126 valence electrons. The first-order valence-corrected chi connectivity index (χ1v) is 10.3. The highest BCUT2D eigenvalue weighted by molar-refractivity contribution is 7.91. The maximum absolute atomic E-state index is 12.6. The van der Waals surface area contributed by atoms with Crippen molar-refractivity contribution in [2.45, 2.75) is 49.4 Å². The van der Waals surface area contributed by atoms with Gasteiger partial charge in [0.25, 0.3) is 0 Å². The van der Waals surface area contributed by atoms with Crippen LogP contribution in [0.1, 0.15) is 43.8 Å². The lowest BCUT2D eigenvalue weighted by atomic mass is 10.1. The van der Waals surface area contributed by atoms with Gasteiger partial charge in [-0.15, -0.1) is 11.3 Å². The summed E-state index contributed by atoms with van der Waals surface area (Å²) >= 11 is 0.929. The van der Waals surface area contributed by atoms with Crippen molar-refractivity contribution in [3.05, 3.63) is 10.3 Å². The molecule has 1 aromatic heterocycles. The number of esters is 1. The van der Waals surface area contributed by atoms with Gasteiger partial charge in [0.2, 0.25) is 10.0 Å². The van der Waals surface area contributed by atoms with Gasteiger partial charge in [-0.1, -0.05) is 6.92 Å². The van der Waals surface area contributed by atoms with Gasteiger partial charge >= 0.3 is 5.97 Å². The van der Waals surface area contributed by atoms with E-state index in [2.05, 4.69) is 9.46 Å². The fourth-order valence-corrected chi connectivity index (χ4v) is 6.72. The molecule has 1 rings (SSSR count). The van der Waals surface area contributed by atoms with E-state index in [0.717, 1.165) is 11.3 Å². The maximum atomic E-state index is 12.6. The van der Waals surface area contributed by atoms with Gasteiger partial charge in [0.05, 0.1) is 22.8 Å². The fourth-order valence-electron chi connectivity index (χ4n) is 1.73. The molecular weight excluding hydrogens is 346 g/mol. The van der Waals surface area contributed by atoms with E-state index in [4.69, 9.17) is 0 Å². The minimum absolute atomic E-state index is 0.0568. The first-order valence-electron chi connectivity index (χ1n) is 6.65. The van der Waals surface area contributed by atoms with Crippen molar-refractivity contribution in [2.24, 2.45) is 0 Å². The minimum Gasteiger partial charge on any atom is -0.465 e. The molecule has 0 saturated carbocycles. The van der Waals surface area contributed by atoms with Crippen molar-refractivity contribution in [3.8, 4) is 0 Å². The van der Waals surface area contributed by atoms with Crippen LogP contribution >= 0.6 is 11.3 Å². The number of carbonyl (C=O) groups excluding carboxylic acids is 1. The highest BCUT2D eigenvalue weighted by Crippen LogP contribution is 2.31. The number of carbonyl (C=O) groups is 1. The Morgan fingerprint density at radius 1 is 1.41 bits per heavy atom. The molecule has 0 aliphatic rings. The molecule has 0 aromatic carbocycles. The van der Waals surface area contributed by atoms with Crippen LogP contribution in [0.3, 0.4) is 0 Å². The molecule has 0 amide bonds. The fraction of sp³-hybridized carbons (Fsp3) is 0.615. The lowest BCUT2D eigenvalue weighted by Gasteiger charge is -2.21. The highest BCUT2D eigenvalue weighted by atomic mass is 32.2. The second kappa shape index (κ2) is 7.20. The zero-order chi connectivity index (χ0) is 17.1. The van der Waals surface area contributed by atoms with Crippen LogP contribution in [-0.4, -0.2) is 37.0 Å². The molecule has 0 aliphatic carbocycles. The Kier molecular flexibility index (Phi) is 6.31. The van der Waals surface area contributed by atoms with Crippen LogP contribution < -0.4 is 4.72 Å². The summed E-state index contributed by atoms with van der Waals surface area (Å²) in [5.41, 5.74) is -0.725. The van der Waals surface area contributed by atoms with E-state index in [-0.39, 0.29) is 14.7 Å². The predicted molar refractivity (Wildman–Crippen MR) is 87.3 cm³/mol. The van der Waals surface area contributed by atoms with Crippen molar-refractivity contribution in [3.63, 3.8) is 0 Å². The second-order valence-corrected chi connectivity index (χ2v) is 9.69. The topological polar surface area (TPSA) is 89.5 Å². The van der Waals surface area contributed by atoms with Crippen LogP contribution in [0.2, 0.25) is 0 Å². The first kappa shape index (κ1) is 19.3. The van der Waals surface area contributed by atoms with Crippen LogP contribution in [-0.2, 0) is 25.6 Å². The van der Waals surface area contributed by atoms with Gasteiger partial charge in [-0.05, 0) is 27.2 Å². The van der Waals surface area contributed by atoms with E-state index in [1.807, 2.05) is 6.92 Å². The van der Waals surface area contributed by atoms with E-state index in [1.165, 1.54) is 12.5 Å². The van der Waals surface area contributed by atoms with Gasteiger partial charge in [0.15, 0.2) is 0 Å². The molecule has 1 unspecified atom stereocenters. The molecule has 1 atom stereocenters. The average molecular weight is 368 g/mol. The molecule has 1 aromatic rings. The van der Waals surface area contributed by atoms with Crippen LogP contribution in [0.25, 0.3) is 0 Å². The standard InChI is InChI=1S/C13H21NO5S3/c1-6-7-21(16)9-8-20-10(12(15)19-5)11(9)22(17,18)14-13(2,3)4/h8,14H,6-7H2,1-5H3. The highest BCUT2D eigenvalue weighted by Gasteiger charge is 2.33. The molecule has 6 nitrogen and oxygen atoms in total. The Morgan fingerprint density at radius 3 is 2.45 bits per heavy atom. The van der Waals surface area contributed by atoms with Gasteiger partial charge in [0, 0.05) is 16.7 Å². The number of ether oxygens (including phenoxy) is 1. The van der Waals surface area contributed by atoms with E-state index in [1.54, 1.807) is 20.8 Å². The summed E-state index contributed by atoms with van der Waals surface area (Å²) in [6, 6.07) is 0. The third-order valence-electron chi connectivity index (χ3n) is 2.43. The van der Waals surface area contributed by atoms with Crippen molar-refractivity contribution in [1.82, 2.24) is 4.72 Å². The summed E-state index contributed by atoms with van der Waals surface area (Å²) < 4.78 is 44.7. The van der Waals surface area contributed by atoms with E-state index < -0.39 is 32.3 Å². The number of thiophene rings is 1. The Balaban J connectivity index is 3.50. The molecule has 1 N–H and O–H groups in total. The SMILES string of the molecule is CCCS(=O)c1csc(C(=O)OC)c1S(=O)(=O)NC(C)(C)C. The minimum atomic E-state index is -3.99. The number of methoxy groups -OCH3 is 1. The van der Waals surface area contributed by atoms with Gasteiger partial charge in [-0.2, -0.15) is 0 Å². The van der Waals surface area contributed by atoms with Gasteiger partial charge in [0.1, 0.15) is 9.77 Å². The Morgan fingerprint density at radius 2 is 2.00 bits per heavy atom. The van der Waals surface area contributed by atoms with Crippen LogP contribution in [0.5, 0.6) is 0 Å². The molecule has 0 bridgehead atoms. The molecule has 9 heteroatoms. The van der Waals surface area contributed by atoms with Gasteiger partial charge in [-0.25, -0.2) is 17.9 Å². The number of hydrogen-bond acceptors (Lipinski definition) is 6. The van der Waals surface area contributed by atoms with Crippen LogP contribution in [0, 0.1) is 0 Å². The van der Waals surface area contributed by atoms with Crippen molar-refractivity contribution in [2.75, 3.05) is 12.9 Å². The van der Waals surface area contributed by atoms with Crippen LogP contribution in [0.4, 0.5) is 0 Å². The summed E-state index contributed by atoms with van der Waals surface area (Å²) in [5.74, 6) is -0.422. The summed E-state index contributed by atoms with van der Waals surface area (Å²) in [4.78, 5) is 11.7. The van der Waals surface area contributed by atoms with E-state index >= 15 is 0 Å². The largest absolute Gasteiger partial charge is 0.465 e. The monoisotopic (exact) mass is 367 g/mol. The molecule has 0 fully saturated rings. The third kappa shape index (κ3) is 4.61. The maximum Gasteiger partial charge on any atom is 0.349 e. The summed E-state index contributed by atoms with van der Waals surface area (Å²) in [7, 11) is -4.29. The number of sulfonamides is 1. The zero-order valence-electron chi connectivity index (χ0n) is 13.3. The summed E-state index contributed by atoms with van der Waals surface area (Å²) in [6.45, 7) is 6.93. The first-order chi connectivity index (χ1) is 10.0. The molecule has 0 radical (unpaired) electrons. The van der Waals surface area contributed by atoms with Gasteiger partial charge < -0.3 is 4.74 Å². The van der Waals surface area contributed by atoms with Crippen molar-refractivity contribution >= 4 is 38.1 Å². The molecule has 1 heterocycles. The molecule has 0 aliphatic heterocycles. The number of nitrogens with one attached hydrogen (secondary N) is 1.